The molecule has 0 saturated heterocycles. The number of nitrogens with one attached hydrogen (secondary N) is 1. The molecule has 5 rings (SSSR count). The predicted octanol–water partition coefficient (Wildman–Crippen LogP) is 7.11. The van der Waals surface area contributed by atoms with E-state index in [2.05, 4.69) is 46.0 Å². The fourth-order valence-corrected chi connectivity index (χ4v) is 9.96. The molecule has 4 aliphatic carbocycles. The standard InChI is InChI=1S/C33H51NO4/c1-8-29(36)37-24-13-15-31(5)23(17-24)10-11-25-26(31)14-16-32(6)27(25)18-33(7)30(32)21(3)28(38-33)12-9-20(2)19-34-22(4)35/h10,20,24-27,30H,8-9,11-19H2,1-7H3,(H,34,35)/t20-,24-,25-,26+,27+,30-,31+,32+,33-/m1/s1. The monoisotopic (exact) mass is 525 g/mol. The van der Waals surface area contributed by atoms with Gasteiger partial charge in [0.1, 0.15) is 11.7 Å². The van der Waals surface area contributed by atoms with Crippen molar-refractivity contribution in [1.82, 2.24) is 5.32 Å². The number of esters is 1. The fourth-order valence-electron chi connectivity index (χ4n) is 9.96. The van der Waals surface area contributed by atoms with E-state index in [-0.39, 0.29) is 29.0 Å². The molecule has 9 atom stereocenters. The smallest absolute Gasteiger partial charge is 0.305 e. The minimum atomic E-state index is -0.0918. The lowest BCUT2D eigenvalue weighted by atomic mass is 9.47. The molecular formula is C33H51NO4. The third-order valence-electron chi connectivity index (χ3n) is 11.8. The first-order chi connectivity index (χ1) is 17.9. The Labute approximate surface area is 230 Å². The quantitative estimate of drug-likeness (QED) is 0.284. The summed E-state index contributed by atoms with van der Waals surface area (Å²) in [5.41, 5.74) is 3.51. The summed E-state index contributed by atoms with van der Waals surface area (Å²) in [7, 11) is 0. The van der Waals surface area contributed by atoms with Crippen LogP contribution in [0.3, 0.4) is 0 Å². The number of allylic oxidation sites excluding steroid dienone is 2. The summed E-state index contributed by atoms with van der Waals surface area (Å²) in [4.78, 5) is 23.2. The number of amides is 1. The molecule has 1 aliphatic heterocycles. The van der Waals surface area contributed by atoms with Crippen LogP contribution in [-0.4, -0.2) is 30.1 Å². The van der Waals surface area contributed by atoms with Gasteiger partial charge in [0.15, 0.2) is 0 Å². The van der Waals surface area contributed by atoms with Gasteiger partial charge in [-0.3, -0.25) is 9.59 Å². The first-order valence-electron chi connectivity index (χ1n) is 15.4. The summed E-state index contributed by atoms with van der Waals surface area (Å²) < 4.78 is 12.7. The summed E-state index contributed by atoms with van der Waals surface area (Å²) >= 11 is 0. The molecule has 5 nitrogen and oxygen atoms in total. The van der Waals surface area contributed by atoms with Gasteiger partial charge in [-0.25, -0.2) is 0 Å². The molecule has 3 saturated carbocycles. The zero-order valence-electron chi connectivity index (χ0n) is 25.0. The van der Waals surface area contributed by atoms with E-state index >= 15 is 0 Å². The molecule has 1 heterocycles. The van der Waals surface area contributed by atoms with Gasteiger partial charge in [-0.1, -0.05) is 39.3 Å². The number of hydrogen-bond acceptors (Lipinski definition) is 4. The molecule has 5 heteroatoms. The highest BCUT2D eigenvalue weighted by molar-refractivity contribution is 5.72. The fraction of sp³-hybridized carbons (Fsp3) is 0.818. The van der Waals surface area contributed by atoms with Crippen LogP contribution in [0.4, 0.5) is 0 Å². The topological polar surface area (TPSA) is 64.6 Å². The van der Waals surface area contributed by atoms with Gasteiger partial charge in [0.2, 0.25) is 5.91 Å². The highest BCUT2D eigenvalue weighted by atomic mass is 16.5. The lowest BCUT2D eigenvalue weighted by Gasteiger charge is -2.58. The SMILES string of the molecule is CCC(=O)O[C@@H]1CC[C@@]2(C)C(=CC[C@H]3[C@@H]4C[C@@]5(C)OC(CC[C@@H](C)CNC(C)=O)=C(C)[C@@H]5[C@@]4(C)CC[C@@H]32)C1. The molecule has 212 valence electrons. The third kappa shape index (κ3) is 4.54. The number of ether oxygens (including phenoxy) is 2. The number of carbonyl (C=O) groups excluding carboxylic acids is 2. The lowest BCUT2D eigenvalue weighted by Crippen LogP contribution is -2.50. The summed E-state index contributed by atoms with van der Waals surface area (Å²) in [5.74, 6) is 4.30. The van der Waals surface area contributed by atoms with Crippen molar-refractivity contribution in [3.63, 3.8) is 0 Å². The predicted molar refractivity (Wildman–Crippen MR) is 150 cm³/mol. The van der Waals surface area contributed by atoms with E-state index in [1.54, 1.807) is 12.5 Å². The van der Waals surface area contributed by atoms with E-state index in [4.69, 9.17) is 9.47 Å². The molecule has 1 amide bonds. The molecule has 0 radical (unpaired) electrons. The lowest BCUT2D eigenvalue weighted by molar-refractivity contribution is -0.151. The van der Waals surface area contributed by atoms with Crippen LogP contribution in [0.1, 0.15) is 113 Å². The van der Waals surface area contributed by atoms with Crippen molar-refractivity contribution in [2.75, 3.05) is 6.54 Å². The Hall–Kier alpha value is -1.78. The van der Waals surface area contributed by atoms with Crippen molar-refractivity contribution >= 4 is 11.9 Å². The van der Waals surface area contributed by atoms with E-state index in [0.717, 1.165) is 56.9 Å². The van der Waals surface area contributed by atoms with Gasteiger partial charge in [0.05, 0.1) is 5.76 Å². The molecule has 0 aromatic heterocycles. The molecule has 38 heavy (non-hydrogen) atoms. The van der Waals surface area contributed by atoms with Gasteiger partial charge in [-0.2, -0.15) is 0 Å². The first kappa shape index (κ1) is 27.8. The van der Waals surface area contributed by atoms with E-state index < -0.39 is 0 Å². The maximum Gasteiger partial charge on any atom is 0.305 e. The van der Waals surface area contributed by atoms with Gasteiger partial charge in [-0.05, 0) is 98.9 Å². The molecule has 0 bridgehead atoms. The molecule has 0 unspecified atom stereocenters. The van der Waals surface area contributed by atoms with Gasteiger partial charge >= 0.3 is 5.97 Å². The zero-order valence-corrected chi connectivity index (χ0v) is 25.0. The van der Waals surface area contributed by atoms with E-state index in [0.29, 0.717) is 29.6 Å². The van der Waals surface area contributed by atoms with Gasteiger partial charge in [0.25, 0.3) is 0 Å². The zero-order chi connectivity index (χ0) is 27.5. The van der Waals surface area contributed by atoms with Crippen LogP contribution in [-0.2, 0) is 19.1 Å². The number of carbonyl (C=O) groups is 2. The van der Waals surface area contributed by atoms with Crippen LogP contribution < -0.4 is 5.32 Å². The Kier molecular flexibility index (Phi) is 7.31. The van der Waals surface area contributed by atoms with Crippen LogP contribution in [0, 0.1) is 40.4 Å². The minimum absolute atomic E-state index is 0.0486. The first-order valence-corrected chi connectivity index (χ1v) is 15.4. The van der Waals surface area contributed by atoms with Crippen molar-refractivity contribution in [3.05, 3.63) is 23.0 Å². The Bertz CT molecular complexity index is 1030. The van der Waals surface area contributed by atoms with Crippen molar-refractivity contribution in [2.45, 2.75) is 124 Å². The number of fused-ring (bicyclic) bond motifs is 7. The van der Waals surface area contributed by atoms with Crippen molar-refractivity contribution in [1.29, 1.82) is 0 Å². The number of hydrogen-bond donors (Lipinski definition) is 1. The molecule has 5 aliphatic rings. The second kappa shape index (κ2) is 10.0. The Morgan fingerprint density at radius 1 is 1.18 bits per heavy atom. The second-order valence-electron chi connectivity index (χ2n) is 14.3. The van der Waals surface area contributed by atoms with Gasteiger partial charge < -0.3 is 14.8 Å². The largest absolute Gasteiger partial charge is 0.491 e. The molecular weight excluding hydrogens is 474 g/mol. The summed E-state index contributed by atoms with van der Waals surface area (Å²) in [6.07, 6.45) is 13.1. The van der Waals surface area contributed by atoms with E-state index in [1.165, 1.54) is 30.6 Å². The maximum absolute atomic E-state index is 11.9. The number of rotatable bonds is 7. The normalized spacial score (nSPS) is 42.2. The highest BCUT2D eigenvalue weighted by Gasteiger charge is 2.67. The molecule has 3 fully saturated rings. The average Bonchev–Trinajstić information content (AvgIpc) is 3.27. The highest BCUT2D eigenvalue weighted by Crippen LogP contribution is 2.71. The van der Waals surface area contributed by atoms with Crippen LogP contribution in [0.15, 0.2) is 23.0 Å². The second-order valence-corrected chi connectivity index (χ2v) is 14.3. The Balaban J connectivity index is 1.31. The van der Waals surface area contributed by atoms with Crippen LogP contribution >= 0.6 is 0 Å². The summed E-state index contributed by atoms with van der Waals surface area (Å²) in [6, 6.07) is 0. The Morgan fingerprint density at radius 3 is 2.66 bits per heavy atom. The average molecular weight is 526 g/mol. The van der Waals surface area contributed by atoms with E-state index in [9.17, 15) is 9.59 Å². The van der Waals surface area contributed by atoms with Crippen molar-refractivity contribution in [2.24, 2.45) is 40.4 Å². The van der Waals surface area contributed by atoms with Gasteiger partial charge in [0, 0.05) is 38.6 Å². The van der Waals surface area contributed by atoms with Crippen LogP contribution in [0.2, 0.25) is 0 Å². The Morgan fingerprint density at radius 2 is 1.95 bits per heavy atom. The van der Waals surface area contributed by atoms with Crippen molar-refractivity contribution < 1.29 is 19.1 Å². The van der Waals surface area contributed by atoms with Gasteiger partial charge in [-0.15, -0.1) is 0 Å². The van der Waals surface area contributed by atoms with Crippen molar-refractivity contribution in [3.8, 4) is 0 Å². The van der Waals surface area contributed by atoms with Crippen LogP contribution in [0.5, 0.6) is 0 Å². The third-order valence-corrected chi connectivity index (χ3v) is 11.8. The minimum Gasteiger partial charge on any atom is -0.491 e. The molecule has 0 aromatic rings. The molecule has 1 N–H and O–H groups in total. The maximum atomic E-state index is 11.9. The summed E-state index contributed by atoms with van der Waals surface area (Å²) in [5, 5.41) is 2.96. The summed E-state index contributed by atoms with van der Waals surface area (Å²) in [6.45, 7) is 16.3. The molecule has 0 spiro atoms. The van der Waals surface area contributed by atoms with Crippen LogP contribution in [0.25, 0.3) is 0 Å². The molecule has 0 aromatic carbocycles. The van der Waals surface area contributed by atoms with E-state index in [1.807, 2.05) is 6.92 Å².